The normalized spacial score (nSPS) is 13.3. The van der Waals surface area contributed by atoms with Gasteiger partial charge in [0.15, 0.2) is 0 Å². The van der Waals surface area contributed by atoms with Crippen molar-refractivity contribution in [3.63, 3.8) is 0 Å². The maximum absolute atomic E-state index is 13.6. The van der Waals surface area contributed by atoms with Crippen LogP contribution in [0.4, 0.5) is 5.69 Å². The van der Waals surface area contributed by atoms with Crippen LogP contribution in [0.15, 0.2) is 54.6 Å². The summed E-state index contributed by atoms with van der Waals surface area (Å²) in [7, 11) is 0. The van der Waals surface area contributed by atoms with Crippen molar-refractivity contribution < 1.29 is 14.4 Å². The van der Waals surface area contributed by atoms with Crippen molar-refractivity contribution in [2.24, 2.45) is 0 Å². The number of rotatable bonds is 7. The lowest BCUT2D eigenvalue weighted by molar-refractivity contribution is -0.139. The molecule has 0 fully saturated rings. The zero-order valence-corrected chi connectivity index (χ0v) is 19.8. The van der Waals surface area contributed by atoms with E-state index in [1.807, 2.05) is 37.3 Å². The van der Waals surface area contributed by atoms with Gasteiger partial charge in [0.1, 0.15) is 12.6 Å². The number of benzene rings is 3. The molecule has 0 saturated heterocycles. The molecule has 1 aliphatic rings. The molecule has 0 unspecified atom stereocenters. The van der Waals surface area contributed by atoms with Crippen molar-refractivity contribution in [3.05, 3.63) is 75.8 Å². The number of halogens is 2. The summed E-state index contributed by atoms with van der Waals surface area (Å²) in [4.78, 5) is 42.2. The molecule has 0 saturated carbocycles. The average molecular weight is 484 g/mol. The predicted molar refractivity (Wildman–Crippen MR) is 131 cm³/mol. The lowest BCUT2D eigenvalue weighted by Gasteiger charge is -2.31. The molecule has 3 aromatic rings. The third kappa shape index (κ3) is 4.28. The molecule has 1 atom stereocenters. The van der Waals surface area contributed by atoms with Gasteiger partial charge in [0, 0.05) is 39.6 Å². The monoisotopic (exact) mass is 483 g/mol. The van der Waals surface area contributed by atoms with Crippen molar-refractivity contribution in [1.82, 2.24) is 10.2 Å². The van der Waals surface area contributed by atoms with E-state index in [4.69, 9.17) is 23.2 Å². The molecular weight excluding hydrogens is 461 g/mol. The number of nitrogens with one attached hydrogen (secondary N) is 1. The Kier molecular flexibility index (Phi) is 6.58. The van der Waals surface area contributed by atoms with E-state index in [-0.39, 0.29) is 30.8 Å². The molecule has 3 aromatic carbocycles. The van der Waals surface area contributed by atoms with Gasteiger partial charge in [0.05, 0.1) is 5.69 Å². The number of carbonyl (C=O) groups is 3. The minimum absolute atomic E-state index is 0.0365. The van der Waals surface area contributed by atoms with Gasteiger partial charge in [-0.1, -0.05) is 53.5 Å². The van der Waals surface area contributed by atoms with Gasteiger partial charge in [-0.3, -0.25) is 19.3 Å². The Bertz CT molecular complexity index is 1240. The molecule has 1 heterocycles. The standard InChI is InChI=1S/C25H23Cl2N3O3/c1-3-28-24(32)15(2)29(13-18-19(26)10-6-11-20(18)27)22(31)14-30-21-12-5-8-16-7-4-9-17(23(16)21)25(30)33/h4-12,15H,3,13-14H2,1-2H3,(H,28,32)/t15-/m0/s1. The first-order valence-corrected chi connectivity index (χ1v) is 11.4. The van der Waals surface area contributed by atoms with E-state index in [9.17, 15) is 14.4 Å². The van der Waals surface area contributed by atoms with Crippen LogP contribution in [0.3, 0.4) is 0 Å². The molecule has 0 aromatic heterocycles. The van der Waals surface area contributed by atoms with Gasteiger partial charge in [-0.05, 0) is 43.5 Å². The third-order valence-electron chi connectivity index (χ3n) is 5.85. The molecule has 170 valence electrons. The summed E-state index contributed by atoms with van der Waals surface area (Å²) in [6, 6.07) is 15.4. The first-order chi connectivity index (χ1) is 15.8. The lowest BCUT2D eigenvalue weighted by atomic mass is 10.1. The lowest BCUT2D eigenvalue weighted by Crippen LogP contribution is -2.51. The molecule has 0 radical (unpaired) electrons. The number of amides is 3. The fourth-order valence-corrected chi connectivity index (χ4v) is 4.64. The Balaban J connectivity index is 1.67. The number of hydrogen-bond donors (Lipinski definition) is 1. The molecule has 0 spiro atoms. The molecule has 0 bridgehead atoms. The maximum Gasteiger partial charge on any atom is 0.259 e. The van der Waals surface area contributed by atoms with E-state index >= 15 is 0 Å². The van der Waals surface area contributed by atoms with Crippen molar-refractivity contribution in [1.29, 1.82) is 0 Å². The van der Waals surface area contributed by atoms with Crippen LogP contribution in [0.1, 0.15) is 29.8 Å². The molecule has 33 heavy (non-hydrogen) atoms. The van der Waals surface area contributed by atoms with Gasteiger partial charge in [-0.2, -0.15) is 0 Å². The zero-order chi connectivity index (χ0) is 23.7. The number of hydrogen-bond acceptors (Lipinski definition) is 3. The Labute approximate surface area is 202 Å². The molecule has 6 nitrogen and oxygen atoms in total. The van der Waals surface area contributed by atoms with Gasteiger partial charge in [-0.25, -0.2) is 0 Å². The smallest absolute Gasteiger partial charge is 0.259 e. The summed E-state index contributed by atoms with van der Waals surface area (Å²) in [6.07, 6.45) is 0. The minimum atomic E-state index is -0.791. The van der Waals surface area contributed by atoms with Crippen LogP contribution in [-0.4, -0.2) is 41.8 Å². The molecule has 8 heteroatoms. The molecule has 1 N–H and O–H groups in total. The average Bonchev–Trinajstić information content (AvgIpc) is 3.06. The third-order valence-corrected chi connectivity index (χ3v) is 6.56. The van der Waals surface area contributed by atoms with E-state index < -0.39 is 6.04 Å². The highest BCUT2D eigenvalue weighted by Gasteiger charge is 2.34. The quantitative estimate of drug-likeness (QED) is 0.531. The van der Waals surface area contributed by atoms with Crippen LogP contribution in [0.2, 0.25) is 10.0 Å². The SMILES string of the molecule is CCNC(=O)[C@H](C)N(Cc1c(Cl)cccc1Cl)C(=O)CN1C(=O)c2cccc3cccc1c23. The number of carbonyl (C=O) groups excluding carboxylic acids is 3. The second kappa shape index (κ2) is 9.41. The Morgan fingerprint density at radius 1 is 1.03 bits per heavy atom. The first-order valence-electron chi connectivity index (χ1n) is 10.7. The molecule has 4 rings (SSSR count). The Morgan fingerprint density at radius 3 is 2.33 bits per heavy atom. The largest absolute Gasteiger partial charge is 0.355 e. The van der Waals surface area contributed by atoms with Crippen molar-refractivity contribution in [2.75, 3.05) is 18.0 Å². The van der Waals surface area contributed by atoms with E-state index in [0.717, 1.165) is 10.8 Å². The highest BCUT2D eigenvalue weighted by Crippen LogP contribution is 2.37. The fraction of sp³-hybridized carbons (Fsp3) is 0.240. The van der Waals surface area contributed by atoms with E-state index in [2.05, 4.69) is 5.32 Å². The van der Waals surface area contributed by atoms with Crippen molar-refractivity contribution in [2.45, 2.75) is 26.4 Å². The van der Waals surface area contributed by atoms with Crippen LogP contribution < -0.4 is 10.2 Å². The van der Waals surface area contributed by atoms with Gasteiger partial charge in [-0.15, -0.1) is 0 Å². The number of anilines is 1. The topological polar surface area (TPSA) is 69.7 Å². The van der Waals surface area contributed by atoms with Crippen LogP contribution in [-0.2, 0) is 16.1 Å². The predicted octanol–water partition coefficient (Wildman–Crippen LogP) is 4.66. The van der Waals surface area contributed by atoms with Crippen LogP contribution in [0.25, 0.3) is 10.8 Å². The highest BCUT2D eigenvalue weighted by atomic mass is 35.5. The second-order valence-electron chi connectivity index (χ2n) is 7.86. The summed E-state index contributed by atoms with van der Waals surface area (Å²) < 4.78 is 0. The highest BCUT2D eigenvalue weighted by molar-refractivity contribution is 6.36. The Morgan fingerprint density at radius 2 is 1.67 bits per heavy atom. The van der Waals surface area contributed by atoms with E-state index in [0.29, 0.717) is 33.4 Å². The summed E-state index contributed by atoms with van der Waals surface area (Å²) in [5.41, 5.74) is 1.79. The molecule has 0 aliphatic carbocycles. The molecule has 1 aliphatic heterocycles. The fourth-order valence-electron chi connectivity index (χ4n) is 4.12. The molecule has 3 amide bonds. The van der Waals surface area contributed by atoms with E-state index in [1.54, 1.807) is 31.2 Å². The summed E-state index contributed by atoms with van der Waals surface area (Å²) in [5, 5.41) is 5.31. The van der Waals surface area contributed by atoms with Gasteiger partial charge < -0.3 is 10.2 Å². The first kappa shape index (κ1) is 23.1. The molecular formula is C25H23Cl2N3O3. The van der Waals surface area contributed by atoms with Crippen LogP contribution >= 0.6 is 23.2 Å². The van der Waals surface area contributed by atoms with Gasteiger partial charge >= 0.3 is 0 Å². The minimum Gasteiger partial charge on any atom is -0.355 e. The van der Waals surface area contributed by atoms with Gasteiger partial charge in [0.25, 0.3) is 5.91 Å². The number of nitrogens with zero attached hydrogens (tertiary/aromatic N) is 2. The van der Waals surface area contributed by atoms with Crippen LogP contribution in [0.5, 0.6) is 0 Å². The maximum atomic E-state index is 13.6. The summed E-state index contributed by atoms with van der Waals surface area (Å²) in [6.45, 7) is 3.71. The number of likely N-dealkylation sites (N-methyl/N-ethyl adjacent to an activating group) is 1. The van der Waals surface area contributed by atoms with Gasteiger partial charge in [0.2, 0.25) is 11.8 Å². The zero-order valence-electron chi connectivity index (χ0n) is 18.3. The second-order valence-corrected chi connectivity index (χ2v) is 8.68. The summed E-state index contributed by atoms with van der Waals surface area (Å²) in [5.74, 6) is -0.924. The Hall–Kier alpha value is -3.09. The van der Waals surface area contributed by atoms with Crippen molar-refractivity contribution >= 4 is 57.4 Å². The van der Waals surface area contributed by atoms with Crippen molar-refractivity contribution in [3.8, 4) is 0 Å². The summed E-state index contributed by atoms with van der Waals surface area (Å²) >= 11 is 12.7. The van der Waals surface area contributed by atoms with Crippen LogP contribution in [0, 0.1) is 0 Å². The van der Waals surface area contributed by atoms with E-state index in [1.165, 1.54) is 9.80 Å².